The van der Waals surface area contributed by atoms with E-state index in [4.69, 9.17) is 10.5 Å². The fourth-order valence-electron chi connectivity index (χ4n) is 1.95. The zero-order chi connectivity index (χ0) is 15.6. The molecule has 0 spiro atoms. The lowest BCUT2D eigenvalue weighted by molar-refractivity contribution is -0.137. The highest BCUT2D eigenvalue weighted by molar-refractivity contribution is 5.37. The van der Waals surface area contributed by atoms with Gasteiger partial charge in [0.25, 0.3) is 0 Å². The van der Waals surface area contributed by atoms with Crippen LogP contribution in [0.25, 0.3) is 0 Å². The molecule has 0 heterocycles. The first kappa shape index (κ1) is 15.3. The van der Waals surface area contributed by atoms with Crippen molar-refractivity contribution in [2.75, 3.05) is 7.11 Å². The predicted octanol–water partition coefficient (Wildman–Crippen LogP) is 3.90. The third-order valence-electron chi connectivity index (χ3n) is 3.14. The van der Waals surface area contributed by atoms with Gasteiger partial charge in [-0.25, -0.2) is 4.39 Å². The van der Waals surface area contributed by atoms with Crippen LogP contribution in [-0.2, 0) is 6.18 Å². The van der Waals surface area contributed by atoms with Crippen molar-refractivity contribution in [3.8, 4) is 5.75 Å². The second kappa shape index (κ2) is 5.73. The van der Waals surface area contributed by atoms with Gasteiger partial charge in [-0.15, -0.1) is 0 Å². The summed E-state index contributed by atoms with van der Waals surface area (Å²) in [4.78, 5) is 0. The molecule has 2 aromatic rings. The Bertz CT molecular complexity index is 623. The number of benzene rings is 2. The second-order valence-corrected chi connectivity index (χ2v) is 4.48. The van der Waals surface area contributed by atoms with Crippen LogP contribution in [0.2, 0.25) is 0 Å². The second-order valence-electron chi connectivity index (χ2n) is 4.48. The summed E-state index contributed by atoms with van der Waals surface area (Å²) in [5, 5.41) is 0. The van der Waals surface area contributed by atoms with E-state index >= 15 is 0 Å². The van der Waals surface area contributed by atoms with Crippen LogP contribution in [0.5, 0.6) is 5.75 Å². The van der Waals surface area contributed by atoms with Gasteiger partial charge in [-0.05, 0) is 23.8 Å². The van der Waals surface area contributed by atoms with E-state index in [0.29, 0.717) is 11.3 Å². The van der Waals surface area contributed by atoms with Crippen molar-refractivity contribution in [2.24, 2.45) is 5.73 Å². The van der Waals surface area contributed by atoms with E-state index in [1.165, 1.54) is 31.4 Å². The van der Waals surface area contributed by atoms with Gasteiger partial charge in [0.05, 0.1) is 18.7 Å². The Morgan fingerprint density at radius 1 is 1.05 bits per heavy atom. The number of ether oxygens (including phenoxy) is 1. The molecule has 0 aliphatic rings. The Morgan fingerprint density at radius 2 is 1.67 bits per heavy atom. The fraction of sp³-hybridized carbons (Fsp3) is 0.200. The molecule has 0 amide bonds. The maximum Gasteiger partial charge on any atom is 0.416 e. The van der Waals surface area contributed by atoms with Crippen LogP contribution in [0, 0.1) is 5.82 Å². The molecular weight excluding hydrogens is 286 g/mol. The number of hydrogen-bond donors (Lipinski definition) is 1. The molecule has 2 nitrogen and oxygen atoms in total. The smallest absolute Gasteiger partial charge is 0.416 e. The van der Waals surface area contributed by atoms with Crippen molar-refractivity contribution >= 4 is 0 Å². The van der Waals surface area contributed by atoms with Gasteiger partial charge >= 0.3 is 6.18 Å². The number of halogens is 4. The molecule has 0 aromatic heterocycles. The molecule has 0 saturated heterocycles. The third-order valence-corrected chi connectivity index (χ3v) is 3.14. The Labute approximate surface area is 119 Å². The maximum atomic E-state index is 13.9. The SMILES string of the molecule is COc1ccc(C(N)c2ccc(C(F)(F)F)cc2)c(F)c1. The summed E-state index contributed by atoms with van der Waals surface area (Å²) in [5.74, 6) is -0.224. The van der Waals surface area contributed by atoms with Gasteiger partial charge in [0, 0.05) is 11.6 Å². The monoisotopic (exact) mass is 299 g/mol. The molecule has 0 aliphatic heterocycles. The number of alkyl halides is 3. The van der Waals surface area contributed by atoms with Gasteiger partial charge in [-0.1, -0.05) is 18.2 Å². The molecule has 0 aliphatic carbocycles. The predicted molar refractivity (Wildman–Crippen MR) is 70.4 cm³/mol. The number of nitrogens with two attached hydrogens (primary N) is 1. The molecule has 21 heavy (non-hydrogen) atoms. The summed E-state index contributed by atoms with van der Waals surface area (Å²) in [6.07, 6.45) is -4.41. The quantitative estimate of drug-likeness (QED) is 0.872. The Morgan fingerprint density at radius 3 is 2.14 bits per heavy atom. The normalized spacial score (nSPS) is 13.0. The van der Waals surface area contributed by atoms with Gasteiger partial charge in [-0.3, -0.25) is 0 Å². The van der Waals surface area contributed by atoms with Crippen LogP contribution in [0.15, 0.2) is 42.5 Å². The maximum absolute atomic E-state index is 13.9. The molecule has 0 fully saturated rings. The lowest BCUT2D eigenvalue weighted by atomic mass is 9.98. The van der Waals surface area contributed by atoms with Crippen LogP contribution in [0.3, 0.4) is 0 Å². The van der Waals surface area contributed by atoms with Gasteiger partial charge < -0.3 is 10.5 Å². The highest BCUT2D eigenvalue weighted by Crippen LogP contribution is 2.31. The van der Waals surface area contributed by atoms with Crippen molar-refractivity contribution in [2.45, 2.75) is 12.2 Å². The van der Waals surface area contributed by atoms with Gasteiger partial charge in [0.2, 0.25) is 0 Å². The first-order valence-electron chi connectivity index (χ1n) is 6.09. The van der Waals surface area contributed by atoms with Gasteiger partial charge in [-0.2, -0.15) is 13.2 Å². The summed E-state index contributed by atoms with van der Waals surface area (Å²) in [6.45, 7) is 0. The number of hydrogen-bond acceptors (Lipinski definition) is 2. The van der Waals surface area contributed by atoms with E-state index in [-0.39, 0.29) is 5.56 Å². The van der Waals surface area contributed by atoms with Crippen molar-refractivity contribution in [1.82, 2.24) is 0 Å². The van der Waals surface area contributed by atoms with E-state index in [9.17, 15) is 17.6 Å². The van der Waals surface area contributed by atoms with Gasteiger partial charge in [0.15, 0.2) is 0 Å². The molecule has 0 radical (unpaired) electrons. The molecule has 1 atom stereocenters. The highest BCUT2D eigenvalue weighted by atomic mass is 19.4. The van der Waals surface area contributed by atoms with Crippen LogP contribution < -0.4 is 10.5 Å². The number of methoxy groups -OCH3 is 1. The first-order chi connectivity index (χ1) is 9.82. The highest BCUT2D eigenvalue weighted by Gasteiger charge is 2.30. The van der Waals surface area contributed by atoms with Crippen LogP contribution in [-0.4, -0.2) is 7.11 Å². The Kier molecular flexibility index (Phi) is 4.18. The van der Waals surface area contributed by atoms with Crippen LogP contribution >= 0.6 is 0 Å². The average molecular weight is 299 g/mol. The molecule has 2 aromatic carbocycles. The summed E-state index contributed by atoms with van der Waals surface area (Å²) in [7, 11) is 1.41. The Balaban J connectivity index is 2.30. The standard InChI is InChI=1S/C15H13F4NO/c1-21-11-6-7-12(13(16)8-11)14(20)9-2-4-10(5-3-9)15(17,18)19/h2-8,14H,20H2,1H3. The minimum atomic E-state index is -4.41. The minimum Gasteiger partial charge on any atom is -0.497 e. The lowest BCUT2D eigenvalue weighted by Crippen LogP contribution is -2.14. The summed E-state index contributed by atoms with van der Waals surface area (Å²) in [6, 6.07) is 7.68. The minimum absolute atomic E-state index is 0.190. The number of rotatable bonds is 3. The zero-order valence-corrected chi connectivity index (χ0v) is 11.1. The fourth-order valence-corrected chi connectivity index (χ4v) is 1.95. The van der Waals surface area contributed by atoms with Crippen molar-refractivity contribution in [3.05, 3.63) is 65.0 Å². The summed E-state index contributed by atoms with van der Waals surface area (Å²) in [5.41, 5.74) is 5.72. The molecule has 1 unspecified atom stereocenters. The molecule has 2 rings (SSSR count). The van der Waals surface area contributed by atoms with Crippen LogP contribution in [0.1, 0.15) is 22.7 Å². The van der Waals surface area contributed by atoms with Crippen molar-refractivity contribution < 1.29 is 22.3 Å². The van der Waals surface area contributed by atoms with E-state index in [0.717, 1.165) is 12.1 Å². The van der Waals surface area contributed by atoms with Crippen LogP contribution in [0.4, 0.5) is 17.6 Å². The van der Waals surface area contributed by atoms with Crippen molar-refractivity contribution in [1.29, 1.82) is 0 Å². The summed E-state index contributed by atoms with van der Waals surface area (Å²) < 4.78 is 56.2. The molecule has 0 saturated carbocycles. The van der Waals surface area contributed by atoms with Crippen molar-refractivity contribution in [3.63, 3.8) is 0 Å². The molecule has 112 valence electrons. The largest absolute Gasteiger partial charge is 0.497 e. The molecule has 0 bridgehead atoms. The molecule has 2 N–H and O–H groups in total. The lowest BCUT2D eigenvalue weighted by Gasteiger charge is -2.15. The first-order valence-corrected chi connectivity index (χ1v) is 6.09. The van der Waals surface area contributed by atoms with E-state index in [1.54, 1.807) is 6.07 Å². The average Bonchev–Trinajstić information content (AvgIpc) is 2.45. The topological polar surface area (TPSA) is 35.2 Å². The Hall–Kier alpha value is -2.08. The van der Waals surface area contributed by atoms with E-state index in [2.05, 4.69) is 0 Å². The molecular formula is C15H13F4NO. The van der Waals surface area contributed by atoms with Gasteiger partial charge in [0.1, 0.15) is 11.6 Å². The zero-order valence-electron chi connectivity index (χ0n) is 11.1. The summed E-state index contributed by atoms with van der Waals surface area (Å²) >= 11 is 0. The third kappa shape index (κ3) is 3.33. The van der Waals surface area contributed by atoms with E-state index < -0.39 is 23.6 Å². The van der Waals surface area contributed by atoms with E-state index in [1.807, 2.05) is 0 Å². The molecule has 6 heteroatoms.